The Balaban J connectivity index is 1.56. The lowest BCUT2D eigenvalue weighted by molar-refractivity contribution is -0.384. The van der Waals surface area contributed by atoms with Crippen LogP contribution < -0.4 is 16.0 Å². The van der Waals surface area contributed by atoms with Crippen molar-refractivity contribution in [1.29, 1.82) is 0 Å². The Morgan fingerprint density at radius 2 is 1.94 bits per heavy atom. The number of rotatable bonds is 10. The summed E-state index contributed by atoms with van der Waals surface area (Å²) in [6.07, 6.45) is 6.36. The Morgan fingerprint density at radius 3 is 2.55 bits per heavy atom. The Morgan fingerprint density at radius 1 is 1.24 bits per heavy atom. The summed E-state index contributed by atoms with van der Waals surface area (Å²) in [6.45, 7) is 4.33. The molecule has 0 aromatic heterocycles. The largest absolute Gasteiger partial charge is 0.350 e. The molecule has 33 heavy (non-hydrogen) atoms. The van der Waals surface area contributed by atoms with E-state index in [9.17, 15) is 19.7 Å². The first-order chi connectivity index (χ1) is 15.7. The molecule has 1 heterocycles. The molecule has 1 saturated carbocycles. The second-order valence-corrected chi connectivity index (χ2v) is 12.0. The highest BCUT2D eigenvalue weighted by Gasteiger charge is 2.36. The summed E-state index contributed by atoms with van der Waals surface area (Å²) in [6, 6.07) is 5.16. The van der Waals surface area contributed by atoms with Crippen molar-refractivity contribution in [2.45, 2.75) is 69.5 Å². The first kappa shape index (κ1) is 25.8. The van der Waals surface area contributed by atoms with Crippen LogP contribution in [0.1, 0.15) is 51.5 Å². The van der Waals surface area contributed by atoms with Gasteiger partial charge in [0.25, 0.3) is 5.69 Å². The highest BCUT2D eigenvalue weighted by molar-refractivity contribution is 8.00. The number of non-ortho nitro benzene ring substituents is 1. The number of hydrogen-bond acceptors (Lipinski definition) is 7. The van der Waals surface area contributed by atoms with Gasteiger partial charge in [0.15, 0.2) is 0 Å². The molecule has 10 heteroatoms. The van der Waals surface area contributed by atoms with Crippen LogP contribution in [-0.2, 0) is 16.1 Å². The third-order valence-electron chi connectivity index (χ3n) is 6.06. The zero-order valence-corrected chi connectivity index (χ0v) is 20.9. The van der Waals surface area contributed by atoms with E-state index in [0.717, 1.165) is 11.3 Å². The molecular formula is C23H34N4O4S2. The normalized spacial score (nSPS) is 21.3. The molecule has 1 aromatic rings. The van der Waals surface area contributed by atoms with Crippen molar-refractivity contribution < 1.29 is 14.5 Å². The zero-order valence-electron chi connectivity index (χ0n) is 19.3. The summed E-state index contributed by atoms with van der Waals surface area (Å²) < 4.78 is 0. The number of nitro groups is 1. The summed E-state index contributed by atoms with van der Waals surface area (Å²) in [4.78, 5) is 36.0. The lowest BCUT2D eigenvalue weighted by atomic mass is 9.91. The van der Waals surface area contributed by atoms with Crippen LogP contribution >= 0.6 is 23.5 Å². The summed E-state index contributed by atoms with van der Waals surface area (Å²) in [5.41, 5.74) is 0.781. The van der Waals surface area contributed by atoms with E-state index in [4.69, 9.17) is 0 Å². The van der Waals surface area contributed by atoms with Crippen LogP contribution in [0, 0.1) is 16.0 Å². The maximum Gasteiger partial charge on any atom is 0.269 e. The van der Waals surface area contributed by atoms with E-state index in [1.165, 1.54) is 44.2 Å². The van der Waals surface area contributed by atoms with Crippen molar-refractivity contribution in [1.82, 2.24) is 16.0 Å². The lowest BCUT2D eigenvalue weighted by Crippen LogP contribution is -2.54. The van der Waals surface area contributed by atoms with Gasteiger partial charge in [0, 0.05) is 30.2 Å². The van der Waals surface area contributed by atoms with Gasteiger partial charge in [0.2, 0.25) is 11.8 Å². The Bertz CT molecular complexity index is 828. The van der Waals surface area contributed by atoms with Gasteiger partial charge in [0.05, 0.1) is 15.8 Å². The number of carbonyl (C=O) groups excluding carboxylic acids is 2. The monoisotopic (exact) mass is 494 g/mol. The average Bonchev–Trinajstić information content (AvgIpc) is 3.17. The molecule has 0 unspecified atom stereocenters. The number of nitrogens with one attached hydrogen (secondary N) is 3. The molecule has 2 aliphatic rings. The molecular weight excluding hydrogens is 460 g/mol. The molecule has 1 saturated heterocycles. The topological polar surface area (TPSA) is 113 Å². The van der Waals surface area contributed by atoms with Gasteiger partial charge in [-0.05, 0) is 43.9 Å². The molecule has 2 atom stereocenters. The van der Waals surface area contributed by atoms with Crippen molar-refractivity contribution in [2.24, 2.45) is 5.92 Å². The molecule has 1 aliphatic heterocycles. The molecule has 182 valence electrons. The third-order valence-corrected chi connectivity index (χ3v) is 8.67. The van der Waals surface area contributed by atoms with Gasteiger partial charge < -0.3 is 10.6 Å². The van der Waals surface area contributed by atoms with Crippen LogP contribution in [0.5, 0.6) is 0 Å². The van der Waals surface area contributed by atoms with Crippen LogP contribution in [0.15, 0.2) is 24.3 Å². The van der Waals surface area contributed by atoms with E-state index in [1.54, 1.807) is 35.7 Å². The third kappa shape index (κ3) is 8.19. The number of nitro benzene ring substituents is 1. The van der Waals surface area contributed by atoms with Crippen LogP contribution in [0.2, 0.25) is 0 Å². The number of thioether (sulfide) groups is 2. The smallest absolute Gasteiger partial charge is 0.269 e. The number of nitrogens with zero attached hydrogens (tertiary/aromatic N) is 1. The number of carbonyl (C=O) groups is 2. The zero-order chi connectivity index (χ0) is 23.8. The van der Waals surface area contributed by atoms with Crippen LogP contribution in [0.25, 0.3) is 0 Å². The SMILES string of the molecule is CC1(C)N[C@H](C(=O)N[C@@H](CSCC2CCCCC2)C(=O)NCc2ccc([N+](=O)[O-])cc2)CS1. The van der Waals surface area contributed by atoms with E-state index < -0.39 is 11.0 Å². The molecule has 8 nitrogen and oxygen atoms in total. The maximum atomic E-state index is 13.0. The average molecular weight is 495 g/mol. The van der Waals surface area contributed by atoms with E-state index >= 15 is 0 Å². The maximum absolute atomic E-state index is 13.0. The molecule has 3 N–H and O–H groups in total. The van der Waals surface area contributed by atoms with Crippen molar-refractivity contribution in [3.8, 4) is 0 Å². The molecule has 2 amide bonds. The number of hydrogen-bond donors (Lipinski definition) is 3. The molecule has 1 aromatic carbocycles. The quantitative estimate of drug-likeness (QED) is 0.337. The Hall–Kier alpha value is -1.78. The number of amides is 2. The Kier molecular flexibility index (Phi) is 9.46. The first-order valence-corrected chi connectivity index (χ1v) is 13.7. The van der Waals surface area contributed by atoms with Gasteiger partial charge in [-0.3, -0.25) is 25.0 Å². The number of benzene rings is 1. The van der Waals surface area contributed by atoms with Gasteiger partial charge in [-0.15, -0.1) is 11.8 Å². The van der Waals surface area contributed by atoms with Gasteiger partial charge in [-0.2, -0.15) is 11.8 Å². The lowest BCUT2D eigenvalue weighted by Gasteiger charge is -2.24. The van der Waals surface area contributed by atoms with Gasteiger partial charge >= 0.3 is 0 Å². The van der Waals surface area contributed by atoms with Crippen LogP contribution in [0.4, 0.5) is 5.69 Å². The van der Waals surface area contributed by atoms with Crippen LogP contribution in [-0.4, -0.2) is 51.0 Å². The molecule has 0 radical (unpaired) electrons. The van der Waals surface area contributed by atoms with Gasteiger partial charge in [0.1, 0.15) is 6.04 Å². The molecule has 0 bridgehead atoms. The first-order valence-electron chi connectivity index (χ1n) is 11.5. The van der Waals surface area contributed by atoms with Crippen molar-refractivity contribution in [2.75, 3.05) is 17.3 Å². The minimum atomic E-state index is -0.625. The van der Waals surface area contributed by atoms with E-state index in [0.29, 0.717) is 17.4 Å². The standard InChI is InChI=1S/C23H34N4O4S2/c1-23(2)26-20(15-33-23)22(29)25-19(14-32-13-17-6-4-3-5-7-17)21(28)24-12-16-8-10-18(11-9-16)27(30)31/h8-11,17,19-20,26H,3-7,12-15H2,1-2H3,(H,24,28)(H,25,29)/t19-,20-/m0/s1. The molecule has 3 rings (SSSR count). The summed E-state index contributed by atoms with van der Waals surface area (Å²) in [7, 11) is 0. The summed E-state index contributed by atoms with van der Waals surface area (Å²) >= 11 is 3.42. The molecule has 1 aliphatic carbocycles. The van der Waals surface area contributed by atoms with Crippen molar-refractivity contribution >= 4 is 41.0 Å². The van der Waals surface area contributed by atoms with Crippen molar-refractivity contribution in [3.63, 3.8) is 0 Å². The van der Waals surface area contributed by atoms with Crippen LogP contribution in [0.3, 0.4) is 0 Å². The second-order valence-electron chi connectivity index (χ2n) is 9.26. The fourth-order valence-electron chi connectivity index (χ4n) is 4.15. The Labute approximate surface area is 203 Å². The van der Waals surface area contributed by atoms with E-state index in [-0.39, 0.29) is 35.0 Å². The molecule has 2 fully saturated rings. The predicted octanol–water partition coefficient (Wildman–Crippen LogP) is 3.45. The predicted molar refractivity (Wildman–Crippen MR) is 134 cm³/mol. The second kappa shape index (κ2) is 12.1. The fourth-order valence-corrected chi connectivity index (χ4v) is 6.46. The van der Waals surface area contributed by atoms with Gasteiger partial charge in [-0.1, -0.05) is 31.4 Å². The van der Waals surface area contributed by atoms with Gasteiger partial charge in [-0.25, -0.2) is 0 Å². The minimum Gasteiger partial charge on any atom is -0.350 e. The highest BCUT2D eigenvalue weighted by atomic mass is 32.2. The highest BCUT2D eigenvalue weighted by Crippen LogP contribution is 2.29. The van der Waals surface area contributed by atoms with E-state index in [1.807, 2.05) is 13.8 Å². The van der Waals surface area contributed by atoms with E-state index in [2.05, 4.69) is 16.0 Å². The fraction of sp³-hybridized carbons (Fsp3) is 0.652. The molecule has 0 spiro atoms. The van der Waals surface area contributed by atoms with Crippen molar-refractivity contribution in [3.05, 3.63) is 39.9 Å². The summed E-state index contributed by atoms with van der Waals surface area (Å²) in [5.74, 6) is 2.51. The minimum absolute atomic E-state index is 0.0131. The summed E-state index contributed by atoms with van der Waals surface area (Å²) in [5, 5.41) is 20.0.